The van der Waals surface area contributed by atoms with E-state index < -0.39 is 10.0 Å². The molecule has 0 radical (unpaired) electrons. The number of para-hydroxylation sites is 1. The van der Waals surface area contributed by atoms with Gasteiger partial charge in [0, 0.05) is 5.56 Å². The van der Waals surface area contributed by atoms with Crippen molar-refractivity contribution in [2.75, 3.05) is 11.0 Å². The zero-order chi connectivity index (χ0) is 17.9. The second kappa shape index (κ2) is 7.05. The molecule has 1 atom stereocenters. The summed E-state index contributed by atoms with van der Waals surface area (Å²) in [4.78, 5) is 12.5. The fourth-order valence-electron chi connectivity index (χ4n) is 2.63. The standard InChI is InChI=1S/C18H22N2O3S/c1-12-9-13(2)11-15(10-12)18(21)19-14(3)16-7-5-6-8-17(16)20-24(4,22)23/h5-11,14,20H,1-4H3,(H,19,21). The third-order valence-corrected chi connectivity index (χ3v) is 4.14. The number of sulfonamides is 1. The van der Waals surface area contributed by atoms with Crippen LogP contribution >= 0.6 is 0 Å². The number of hydrogen-bond acceptors (Lipinski definition) is 3. The Morgan fingerprint density at radius 3 is 2.21 bits per heavy atom. The summed E-state index contributed by atoms with van der Waals surface area (Å²) in [7, 11) is -3.39. The van der Waals surface area contributed by atoms with Gasteiger partial charge in [-0.3, -0.25) is 9.52 Å². The molecular formula is C18H22N2O3S. The third-order valence-electron chi connectivity index (χ3n) is 3.55. The zero-order valence-electron chi connectivity index (χ0n) is 14.3. The molecule has 5 nitrogen and oxygen atoms in total. The number of carbonyl (C=O) groups excluding carboxylic acids is 1. The van der Waals surface area contributed by atoms with Gasteiger partial charge in [-0.1, -0.05) is 35.4 Å². The minimum absolute atomic E-state index is 0.191. The number of anilines is 1. The van der Waals surface area contributed by atoms with Crippen molar-refractivity contribution in [3.05, 3.63) is 64.7 Å². The van der Waals surface area contributed by atoms with Gasteiger partial charge in [-0.05, 0) is 44.5 Å². The molecule has 2 aromatic carbocycles. The van der Waals surface area contributed by atoms with E-state index >= 15 is 0 Å². The molecule has 0 aromatic heterocycles. The first-order chi connectivity index (χ1) is 11.2. The Bertz CT molecular complexity index is 840. The number of benzene rings is 2. The van der Waals surface area contributed by atoms with Crippen LogP contribution in [-0.2, 0) is 10.0 Å². The number of aryl methyl sites for hydroxylation is 2. The van der Waals surface area contributed by atoms with Gasteiger partial charge in [-0.15, -0.1) is 0 Å². The lowest BCUT2D eigenvalue weighted by atomic mass is 10.0. The summed E-state index contributed by atoms with van der Waals surface area (Å²) in [6, 6.07) is 12.3. The van der Waals surface area contributed by atoms with Crippen molar-refractivity contribution < 1.29 is 13.2 Å². The van der Waals surface area contributed by atoms with Crippen LogP contribution in [0.3, 0.4) is 0 Å². The normalized spacial score (nSPS) is 12.5. The highest BCUT2D eigenvalue weighted by molar-refractivity contribution is 7.92. The van der Waals surface area contributed by atoms with E-state index in [0.29, 0.717) is 16.8 Å². The molecular weight excluding hydrogens is 324 g/mol. The van der Waals surface area contributed by atoms with Crippen molar-refractivity contribution in [3.63, 3.8) is 0 Å². The Morgan fingerprint density at radius 1 is 1.04 bits per heavy atom. The summed E-state index contributed by atoms with van der Waals surface area (Å²) >= 11 is 0. The first kappa shape index (κ1) is 18.0. The Kier molecular flexibility index (Phi) is 5.29. The zero-order valence-corrected chi connectivity index (χ0v) is 15.1. The van der Waals surface area contributed by atoms with E-state index in [1.807, 2.05) is 45.0 Å². The first-order valence-electron chi connectivity index (χ1n) is 7.61. The van der Waals surface area contributed by atoms with Gasteiger partial charge in [0.25, 0.3) is 5.91 Å². The maximum atomic E-state index is 12.5. The fourth-order valence-corrected chi connectivity index (χ4v) is 3.22. The highest BCUT2D eigenvalue weighted by Gasteiger charge is 2.16. The summed E-state index contributed by atoms with van der Waals surface area (Å²) in [6.07, 6.45) is 1.10. The predicted octanol–water partition coefficient (Wildman–Crippen LogP) is 3.17. The van der Waals surface area contributed by atoms with Gasteiger partial charge in [0.2, 0.25) is 10.0 Å². The molecule has 1 unspecified atom stereocenters. The molecule has 2 aromatic rings. The molecule has 0 aliphatic heterocycles. The van der Waals surface area contributed by atoms with Crippen LogP contribution in [0.2, 0.25) is 0 Å². The minimum atomic E-state index is -3.39. The second-order valence-electron chi connectivity index (χ2n) is 6.03. The second-order valence-corrected chi connectivity index (χ2v) is 7.78. The van der Waals surface area contributed by atoms with E-state index in [2.05, 4.69) is 10.0 Å². The van der Waals surface area contributed by atoms with Crippen LogP contribution in [0.5, 0.6) is 0 Å². The third kappa shape index (κ3) is 4.83. The largest absolute Gasteiger partial charge is 0.345 e. The van der Waals surface area contributed by atoms with Crippen LogP contribution in [0.25, 0.3) is 0 Å². The molecule has 0 saturated carbocycles. The average Bonchev–Trinajstić information content (AvgIpc) is 2.44. The SMILES string of the molecule is Cc1cc(C)cc(C(=O)NC(C)c2ccccc2NS(C)(=O)=O)c1. The molecule has 6 heteroatoms. The first-order valence-corrected chi connectivity index (χ1v) is 9.51. The molecule has 0 aliphatic rings. The molecule has 0 heterocycles. The van der Waals surface area contributed by atoms with Crippen molar-refractivity contribution in [3.8, 4) is 0 Å². The number of carbonyl (C=O) groups is 1. The van der Waals surface area contributed by atoms with Crippen molar-refractivity contribution >= 4 is 21.6 Å². The van der Waals surface area contributed by atoms with Crippen molar-refractivity contribution in [1.82, 2.24) is 5.32 Å². The Hall–Kier alpha value is -2.34. The summed E-state index contributed by atoms with van der Waals surface area (Å²) < 4.78 is 25.5. The van der Waals surface area contributed by atoms with Crippen LogP contribution in [0.4, 0.5) is 5.69 Å². The van der Waals surface area contributed by atoms with E-state index in [9.17, 15) is 13.2 Å². The Labute approximate surface area is 143 Å². The van der Waals surface area contributed by atoms with Gasteiger partial charge in [0.05, 0.1) is 18.0 Å². The van der Waals surface area contributed by atoms with Crippen molar-refractivity contribution in [1.29, 1.82) is 0 Å². The van der Waals surface area contributed by atoms with Gasteiger partial charge in [-0.2, -0.15) is 0 Å². The predicted molar refractivity (Wildman–Crippen MR) is 96.7 cm³/mol. The molecule has 2 rings (SSSR count). The number of amides is 1. The van der Waals surface area contributed by atoms with Crippen LogP contribution in [0.1, 0.15) is 40.0 Å². The maximum Gasteiger partial charge on any atom is 0.251 e. The van der Waals surface area contributed by atoms with Gasteiger partial charge < -0.3 is 5.32 Å². The van der Waals surface area contributed by atoms with Crippen molar-refractivity contribution in [2.45, 2.75) is 26.8 Å². The Morgan fingerprint density at radius 2 is 1.62 bits per heavy atom. The summed E-state index contributed by atoms with van der Waals surface area (Å²) in [6.45, 7) is 5.71. The number of rotatable bonds is 5. The molecule has 0 saturated heterocycles. The number of hydrogen-bond donors (Lipinski definition) is 2. The van der Waals surface area contributed by atoms with E-state index in [0.717, 1.165) is 17.4 Å². The van der Waals surface area contributed by atoms with Gasteiger partial charge >= 0.3 is 0 Å². The van der Waals surface area contributed by atoms with Crippen LogP contribution in [-0.4, -0.2) is 20.6 Å². The highest BCUT2D eigenvalue weighted by atomic mass is 32.2. The summed E-state index contributed by atoms with van der Waals surface area (Å²) in [5.41, 5.74) is 3.81. The smallest absolute Gasteiger partial charge is 0.251 e. The summed E-state index contributed by atoms with van der Waals surface area (Å²) in [5.74, 6) is -0.191. The number of nitrogens with one attached hydrogen (secondary N) is 2. The highest BCUT2D eigenvalue weighted by Crippen LogP contribution is 2.23. The summed E-state index contributed by atoms with van der Waals surface area (Å²) in [5, 5.41) is 2.92. The lowest BCUT2D eigenvalue weighted by Crippen LogP contribution is -2.27. The lowest BCUT2D eigenvalue weighted by molar-refractivity contribution is 0.0940. The quantitative estimate of drug-likeness (QED) is 0.873. The molecule has 2 N–H and O–H groups in total. The maximum absolute atomic E-state index is 12.5. The molecule has 1 amide bonds. The van der Waals surface area contributed by atoms with Crippen LogP contribution in [0.15, 0.2) is 42.5 Å². The monoisotopic (exact) mass is 346 g/mol. The Balaban J connectivity index is 2.23. The van der Waals surface area contributed by atoms with E-state index in [1.165, 1.54) is 0 Å². The van der Waals surface area contributed by atoms with Crippen molar-refractivity contribution in [2.24, 2.45) is 0 Å². The van der Waals surface area contributed by atoms with Gasteiger partial charge in [0.15, 0.2) is 0 Å². The molecule has 24 heavy (non-hydrogen) atoms. The van der Waals surface area contributed by atoms with Crippen LogP contribution in [0, 0.1) is 13.8 Å². The average molecular weight is 346 g/mol. The van der Waals surface area contributed by atoms with Gasteiger partial charge in [0.1, 0.15) is 0 Å². The lowest BCUT2D eigenvalue weighted by Gasteiger charge is -2.18. The van der Waals surface area contributed by atoms with E-state index in [1.54, 1.807) is 18.2 Å². The molecule has 0 bridgehead atoms. The molecule has 0 fully saturated rings. The molecule has 0 spiro atoms. The minimum Gasteiger partial charge on any atom is -0.345 e. The van der Waals surface area contributed by atoms with E-state index in [-0.39, 0.29) is 11.9 Å². The van der Waals surface area contributed by atoms with Crippen LogP contribution < -0.4 is 10.0 Å². The molecule has 0 aliphatic carbocycles. The van der Waals surface area contributed by atoms with Gasteiger partial charge in [-0.25, -0.2) is 8.42 Å². The van der Waals surface area contributed by atoms with E-state index in [4.69, 9.17) is 0 Å². The topological polar surface area (TPSA) is 75.3 Å². The molecule has 128 valence electrons. The fraction of sp³-hybridized carbons (Fsp3) is 0.278.